The van der Waals surface area contributed by atoms with Crippen molar-refractivity contribution in [2.45, 2.75) is 39.7 Å². The number of aromatic nitrogens is 1. The van der Waals surface area contributed by atoms with Crippen LogP contribution < -0.4 is 4.90 Å². The maximum absolute atomic E-state index is 9.86. The number of nitrogens with zero attached hydrogens (tertiary/aromatic N) is 2. The summed E-state index contributed by atoms with van der Waals surface area (Å²) in [4.78, 5) is 6.70. The lowest BCUT2D eigenvalue weighted by atomic mass is 9.77. The van der Waals surface area contributed by atoms with Crippen LogP contribution in [-0.2, 0) is 6.61 Å². The Morgan fingerprint density at radius 2 is 2.30 bits per heavy atom. The van der Waals surface area contributed by atoms with E-state index in [1.165, 1.54) is 5.57 Å². The normalized spacial score (nSPS) is 22.9. The van der Waals surface area contributed by atoms with E-state index in [2.05, 4.69) is 29.8 Å². The number of allylic oxidation sites excluding steroid dienone is 2. The van der Waals surface area contributed by atoms with Gasteiger partial charge in [-0.2, -0.15) is 0 Å². The van der Waals surface area contributed by atoms with Crippen LogP contribution in [0.2, 0.25) is 0 Å². The van der Waals surface area contributed by atoms with Crippen LogP contribution in [0, 0.1) is 5.41 Å². The molecule has 2 heterocycles. The Balaban J connectivity index is 2.11. The molecule has 2 rings (SSSR count). The number of anilines is 1. The fraction of sp³-hybridized carbons (Fsp3) is 0.667. The predicted molar refractivity (Wildman–Crippen MR) is 83.1 cm³/mol. The Bertz CT molecular complexity index is 468. The molecule has 5 heteroatoms. The molecule has 0 radical (unpaired) electrons. The van der Waals surface area contributed by atoms with Gasteiger partial charge in [-0.25, -0.2) is 4.98 Å². The van der Waals surface area contributed by atoms with Gasteiger partial charge in [0.2, 0.25) is 0 Å². The molecule has 0 bridgehead atoms. The summed E-state index contributed by atoms with van der Waals surface area (Å²) in [6.07, 6.45) is 5.27. The van der Waals surface area contributed by atoms with Gasteiger partial charge in [0.15, 0.2) is 5.13 Å². The SMILES string of the molecule is CC(C)=CCC1(CO)CCCN(c2nc(CO)cs2)C1. The predicted octanol–water partition coefficient (Wildman–Crippen LogP) is 2.57. The van der Waals surface area contributed by atoms with Crippen LogP contribution >= 0.6 is 11.3 Å². The zero-order chi connectivity index (χ0) is 14.6. The molecule has 0 spiro atoms. The molecule has 0 saturated carbocycles. The highest BCUT2D eigenvalue weighted by Crippen LogP contribution is 2.36. The number of rotatable bonds is 5. The van der Waals surface area contributed by atoms with Gasteiger partial charge in [-0.3, -0.25) is 0 Å². The third kappa shape index (κ3) is 3.59. The molecule has 1 aliphatic heterocycles. The minimum Gasteiger partial charge on any atom is -0.396 e. The summed E-state index contributed by atoms with van der Waals surface area (Å²) in [5.41, 5.74) is 1.97. The number of aliphatic hydroxyl groups is 2. The minimum atomic E-state index is -0.0550. The highest BCUT2D eigenvalue weighted by Gasteiger charge is 2.35. The summed E-state index contributed by atoms with van der Waals surface area (Å²) in [5, 5.41) is 21.8. The smallest absolute Gasteiger partial charge is 0.185 e. The van der Waals surface area contributed by atoms with E-state index >= 15 is 0 Å². The second kappa shape index (κ2) is 6.70. The molecule has 4 nitrogen and oxygen atoms in total. The van der Waals surface area contributed by atoms with Gasteiger partial charge in [0.05, 0.1) is 18.9 Å². The van der Waals surface area contributed by atoms with E-state index in [4.69, 9.17) is 5.11 Å². The number of aliphatic hydroxyl groups excluding tert-OH is 2. The zero-order valence-electron chi connectivity index (χ0n) is 12.3. The highest BCUT2D eigenvalue weighted by atomic mass is 32.1. The molecule has 0 aliphatic carbocycles. The lowest BCUT2D eigenvalue weighted by molar-refractivity contribution is 0.108. The first-order valence-corrected chi connectivity index (χ1v) is 8.01. The van der Waals surface area contributed by atoms with E-state index in [1.54, 1.807) is 11.3 Å². The second-order valence-electron chi connectivity index (χ2n) is 5.95. The van der Waals surface area contributed by atoms with Crippen molar-refractivity contribution in [3.8, 4) is 0 Å². The molecule has 0 amide bonds. The molecule has 0 aromatic carbocycles. The maximum Gasteiger partial charge on any atom is 0.185 e. The summed E-state index contributed by atoms with van der Waals surface area (Å²) in [7, 11) is 0. The topological polar surface area (TPSA) is 56.6 Å². The van der Waals surface area contributed by atoms with Crippen molar-refractivity contribution in [1.82, 2.24) is 4.98 Å². The average molecular weight is 296 g/mol. The molecule has 20 heavy (non-hydrogen) atoms. The van der Waals surface area contributed by atoms with Crippen LogP contribution in [-0.4, -0.2) is 34.9 Å². The van der Waals surface area contributed by atoms with Crippen molar-refractivity contribution >= 4 is 16.5 Å². The summed E-state index contributed by atoms with van der Waals surface area (Å²) >= 11 is 1.57. The standard InChI is InChI=1S/C15H24N2O2S/c1-12(2)4-6-15(11-19)5-3-7-17(10-15)14-16-13(8-18)9-20-14/h4,9,18-19H,3,5-8,10-11H2,1-2H3. The first-order chi connectivity index (χ1) is 9.58. The van der Waals surface area contributed by atoms with E-state index in [0.717, 1.165) is 43.2 Å². The molecular formula is C15H24N2O2S. The molecule has 1 saturated heterocycles. The molecule has 1 unspecified atom stereocenters. The van der Waals surface area contributed by atoms with Crippen molar-refractivity contribution < 1.29 is 10.2 Å². The second-order valence-corrected chi connectivity index (χ2v) is 6.78. The largest absolute Gasteiger partial charge is 0.396 e. The molecular weight excluding hydrogens is 272 g/mol. The van der Waals surface area contributed by atoms with Crippen LogP contribution in [0.25, 0.3) is 0 Å². The molecule has 1 fully saturated rings. The first kappa shape index (κ1) is 15.5. The van der Waals surface area contributed by atoms with Crippen LogP contribution in [0.5, 0.6) is 0 Å². The lowest BCUT2D eigenvalue weighted by Crippen LogP contribution is -2.45. The molecule has 2 N–H and O–H groups in total. The van der Waals surface area contributed by atoms with Crippen LogP contribution in [0.15, 0.2) is 17.0 Å². The van der Waals surface area contributed by atoms with Gasteiger partial charge in [-0.1, -0.05) is 11.6 Å². The van der Waals surface area contributed by atoms with E-state index in [1.807, 2.05) is 5.38 Å². The third-order valence-corrected chi connectivity index (χ3v) is 4.86. The Hall–Kier alpha value is -0.910. The number of piperidine rings is 1. The van der Waals surface area contributed by atoms with Gasteiger partial charge in [0.1, 0.15) is 0 Å². The molecule has 1 atom stereocenters. The summed E-state index contributed by atoms with van der Waals surface area (Å²) in [5.74, 6) is 0. The van der Waals surface area contributed by atoms with Crippen LogP contribution in [0.1, 0.15) is 38.8 Å². The summed E-state index contributed by atoms with van der Waals surface area (Å²) in [6.45, 7) is 6.22. The quantitative estimate of drug-likeness (QED) is 0.820. The fourth-order valence-electron chi connectivity index (χ4n) is 2.67. The molecule has 1 aromatic heterocycles. The van der Waals surface area contributed by atoms with Gasteiger partial charge >= 0.3 is 0 Å². The first-order valence-electron chi connectivity index (χ1n) is 7.13. The Morgan fingerprint density at radius 1 is 1.50 bits per heavy atom. The van der Waals surface area contributed by atoms with Gasteiger partial charge in [0.25, 0.3) is 0 Å². The number of hydrogen-bond acceptors (Lipinski definition) is 5. The zero-order valence-corrected chi connectivity index (χ0v) is 13.1. The Labute approximate surface area is 124 Å². The molecule has 1 aromatic rings. The summed E-state index contributed by atoms with van der Waals surface area (Å²) < 4.78 is 0. The monoisotopic (exact) mass is 296 g/mol. The van der Waals surface area contributed by atoms with Gasteiger partial charge in [0, 0.05) is 23.9 Å². The number of hydrogen-bond donors (Lipinski definition) is 2. The fourth-order valence-corrected chi connectivity index (χ4v) is 3.51. The third-order valence-electron chi connectivity index (χ3n) is 3.91. The van der Waals surface area contributed by atoms with Crippen molar-refractivity contribution in [1.29, 1.82) is 0 Å². The van der Waals surface area contributed by atoms with E-state index in [9.17, 15) is 5.11 Å². The van der Waals surface area contributed by atoms with Crippen LogP contribution in [0.4, 0.5) is 5.13 Å². The lowest BCUT2D eigenvalue weighted by Gasteiger charge is -2.41. The van der Waals surface area contributed by atoms with Gasteiger partial charge < -0.3 is 15.1 Å². The van der Waals surface area contributed by atoms with Gasteiger partial charge in [-0.05, 0) is 33.1 Å². The van der Waals surface area contributed by atoms with Crippen LogP contribution in [0.3, 0.4) is 0 Å². The van der Waals surface area contributed by atoms with Crippen molar-refractivity contribution in [2.75, 3.05) is 24.6 Å². The van der Waals surface area contributed by atoms with Gasteiger partial charge in [-0.15, -0.1) is 11.3 Å². The van der Waals surface area contributed by atoms with E-state index in [-0.39, 0.29) is 18.6 Å². The molecule has 1 aliphatic rings. The van der Waals surface area contributed by atoms with E-state index in [0.29, 0.717) is 0 Å². The maximum atomic E-state index is 9.86. The van der Waals surface area contributed by atoms with Crippen molar-refractivity contribution in [3.63, 3.8) is 0 Å². The van der Waals surface area contributed by atoms with Crippen molar-refractivity contribution in [2.24, 2.45) is 5.41 Å². The van der Waals surface area contributed by atoms with Crippen molar-refractivity contribution in [3.05, 3.63) is 22.7 Å². The highest BCUT2D eigenvalue weighted by molar-refractivity contribution is 7.13. The Kier molecular flexibility index (Phi) is 5.18. The molecule has 112 valence electrons. The van der Waals surface area contributed by atoms with E-state index < -0.39 is 0 Å². The summed E-state index contributed by atoms with van der Waals surface area (Å²) in [6, 6.07) is 0. The Morgan fingerprint density at radius 3 is 2.90 bits per heavy atom. The number of thiazole rings is 1. The average Bonchev–Trinajstić information content (AvgIpc) is 2.94. The minimum absolute atomic E-state index is 0.00670.